The maximum atomic E-state index is 11.1. The first-order valence-electron chi connectivity index (χ1n) is 10.1. The molecule has 6 nitrogen and oxygen atoms in total. The van der Waals surface area contributed by atoms with Crippen molar-refractivity contribution in [1.82, 2.24) is 14.6 Å². The summed E-state index contributed by atoms with van der Waals surface area (Å²) in [5, 5.41) is 15.6. The number of piperidine rings is 1. The van der Waals surface area contributed by atoms with Crippen molar-refractivity contribution in [3.63, 3.8) is 0 Å². The SMILES string of the molecule is Cc1ccc([C@@H](c2sc3nc(-c4ccco4)nn3c2O)[NH+]2CCC[C@H](C)C2)cc1. The predicted octanol–water partition coefficient (Wildman–Crippen LogP) is 3.47. The molecule has 1 aliphatic rings. The molecule has 0 radical (unpaired) electrons. The fourth-order valence-electron chi connectivity index (χ4n) is 4.37. The summed E-state index contributed by atoms with van der Waals surface area (Å²) in [4.78, 5) is 7.71. The Morgan fingerprint density at radius 3 is 2.79 bits per heavy atom. The molecule has 0 aliphatic carbocycles. The number of fused-ring (bicyclic) bond motifs is 1. The van der Waals surface area contributed by atoms with Crippen LogP contribution in [0.5, 0.6) is 5.88 Å². The normalized spacial score (nSPS) is 20.9. The smallest absolute Gasteiger partial charge is 0.235 e. The number of hydrogen-bond donors (Lipinski definition) is 2. The molecule has 7 heteroatoms. The molecule has 1 unspecified atom stereocenters. The van der Waals surface area contributed by atoms with E-state index in [9.17, 15) is 5.11 Å². The Hall–Kier alpha value is -2.64. The molecule has 0 saturated carbocycles. The number of likely N-dealkylation sites (tertiary alicyclic amines) is 1. The first-order chi connectivity index (χ1) is 14.1. The molecule has 4 heterocycles. The highest BCUT2D eigenvalue weighted by Gasteiger charge is 2.35. The molecular weight excluding hydrogens is 384 g/mol. The number of furan rings is 1. The van der Waals surface area contributed by atoms with Crippen LogP contribution in [0.3, 0.4) is 0 Å². The minimum atomic E-state index is 0.0823. The molecule has 0 amide bonds. The van der Waals surface area contributed by atoms with Crippen molar-refractivity contribution >= 4 is 16.3 Å². The molecule has 2 N–H and O–H groups in total. The van der Waals surface area contributed by atoms with Gasteiger partial charge in [-0.25, -0.2) is 0 Å². The van der Waals surface area contributed by atoms with Crippen LogP contribution in [-0.2, 0) is 0 Å². The summed E-state index contributed by atoms with van der Waals surface area (Å²) in [7, 11) is 0. The second-order valence-corrected chi connectivity index (χ2v) is 9.11. The van der Waals surface area contributed by atoms with E-state index >= 15 is 0 Å². The number of nitrogens with zero attached hydrogens (tertiary/aromatic N) is 3. The van der Waals surface area contributed by atoms with Gasteiger partial charge in [-0.05, 0) is 31.9 Å². The zero-order valence-electron chi connectivity index (χ0n) is 16.6. The first kappa shape index (κ1) is 18.4. The summed E-state index contributed by atoms with van der Waals surface area (Å²) in [6, 6.07) is 12.4. The Labute approximate surface area is 173 Å². The van der Waals surface area contributed by atoms with E-state index in [0.29, 0.717) is 22.5 Å². The van der Waals surface area contributed by atoms with Crippen LogP contribution in [-0.4, -0.2) is 32.8 Å². The van der Waals surface area contributed by atoms with Gasteiger partial charge in [0.25, 0.3) is 0 Å². The lowest BCUT2D eigenvalue weighted by Crippen LogP contribution is -3.13. The highest BCUT2D eigenvalue weighted by molar-refractivity contribution is 7.17. The summed E-state index contributed by atoms with van der Waals surface area (Å²) < 4.78 is 6.95. The molecule has 1 saturated heterocycles. The van der Waals surface area contributed by atoms with Crippen LogP contribution in [0.15, 0.2) is 47.1 Å². The lowest BCUT2D eigenvalue weighted by atomic mass is 9.95. The molecule has 29 heavy (non-hydrogen) atoms. The maximum absolute atomic E-state index is 11.1. The van der Waals surface area contributed by atoms with Crippen molar-refractivity contribution in [1.29, 1.82) is 0 Å². The minimum Gasteiger partial charge on any atom is -0.492 e. The number of hydrogen-bond acceptors (Lipinski definition) is 5. The molecule has 1 aliphatic heterocycles. The van der Waals surface area contributed by atoms with Gasteiger partial charge in [-0.2, -0.15) is 9.50 Å². The van der Waals surface area contributed by atoms with Crippen LogP contribution in [0.2, 0.25) is 0 Å². The van der Waals surface area contributed by atoms with Crippen LogP contribution >= 0.6 is 11.3 Å². The van der Waals surface area contributed by atoms with Gasteiger partial charge in [0, 0.05) is 11.5 Å². The van der Waals surface area contributed by atoms with Gasteiger partial charge in [0.15, 0.2) is 11.8 Å². The number of nitrogens with one attached hydrogen (secondary N) is 1. The van der Waals surface area contributed by atoms with E-state index in [1.807, 2.05) is 12.1 Å². The molecular formula is C22H25N4O2S+. The molecule has 4 aromatic rings. The topological polar surface area (TPSA) is 68.0 Å². The summed E-state index contributed by atoms with van der Waals surface area (Å²) in [5.41, 5.74) is 2.47. The molecule has 3 aromatic heterocycles. The van der Waals surface area contributed by atoms with Crippen molar-refractivity contribution in [3.8, 4) is 17.5 Å². The van der Waals surface area contributed by atoms with E-state index in [4.69, 9.17) is 4.42 Å². The fourth-order valence-corrected chi connectivity index (χ4v) is 5.51. The van der Waals surface area contributed by atoms with Gasteiger partial charge in [-0.3, -0.25) is 0 Å². The van der Waals surface area contributed by atoms with Gasteiger partial charge < -0.3 is 14.4 Å². The largest absolute Gasteiger partial charge is 0.492 e. The standard InChI is InChI=1S/C22H24N4O2S/c1-14-7-9-16(10-8-14)18(25-11-3-5-15(2)13-25)19-21(27)26-22(29-19)23-20(24-26)17-6-4-12-28-17/h4,6-10,12,15,18,27H,3,5,11,13H2,1-2H3/p+1/t15-,18-/m0/s1. The predicted molar refractivity (Wildman–Crippen MR) is 112 cm³/mol. The number of quaternary nitrogens is 1. The van der Waals surface area contributed by atoms with E-state index in [0.717, 1.165) is 18.0 Å². The molecule has 0 spiro atoms. The number of aromatic hydroxyl groups is 1. The van der Waals surface area contributed by atoms with Crippen LogP contribution < -0.4 is 4.90 Å². The molecule has 150 valence electrons. The van der Waals surface area contributed by atoms with E-state index in [1.54, 1.807) is 10.8 Å². The van der Waals surface area contributed by atoms with E-state index < -0.39 is 0 Å². The molecule has 1 aromatic carbocycles. The van der Waals surface area contributed by atoms with Crippen molar-refractivity contribution in [3.05, 3.63) is 58.7 Å². The average molecular weight is 410 g/mol. The Kier molecular flexibility index (Phi) is 4.64. The number of aryl methyl sites for hydroxylation is 1. The van der Waals surface area contributed by atoms with Gasteiger partial charge >= 0.3 is 0 Å². The monoisotopic (exact) mass is 409 g/mol. The zero-order chi connectivity index (χ0) is 20.0. The van der Waals surface area contributed by atoms with Crippen molar-refractivity contribution in [2.24, 2.45) is 5.92 Å². The average Bonchev–Trinajstić information content (AvgIpc) is 3.43. The minimum absolute atomic E-state index is 0.0823. The van der Waals surface area contributed by atoms with Crippen molar-refractivity contribution in [2.45, 2.75) is 32.7 Å². The van der Waals surface area contributed by atoms with Gasteiger partial charge in [0.05, 0.1) is 19.4 Å². The third-order valence-electron chi connectivity index (χ3n) is 5.83. The zero-order valence-corrected chi connectivity index (χ0v) is 17.4. The second kappa shape index (κ2) is 7.31. The fraction of sp³-hybridized carbons (Fsp3) is 0.364. The molecule has 1 fully saturated rings. The van der Waals surface area contributed by atoms with Crippen LogP contribution in [0, 0.1) is 12.8 Å². The summed E-state index contributed by atoms with van der Waals surface area (Å²) in [6.45, 7) is 6.63. The Morgan fingerprint density at radius 2 is 2.10 bits per heavy atom. The van der Waals surface area contributed by atoms with E-state index in [-0.39, 0.29) is 11.9 Å². The number of aromatic nitrogens is 3. The highest BCUT2D eigenvalue weighted by atomic mass is 32.1. The van der Waals surface area contributed by atoms with Gasteiger partial charge in [-0.1, -0.05) is 48.1 Å². The van der Waals surface area contributed by atoms with Crippen LogP contribution in [0.4, 0.5) is 0 Å². The van der Waals surface area contributed by atoms with E-state index in [1.165, 1.54) is 40.2 Å². The third-order valence-corrected chi connectivity index (χ3v) is 6.91. The molecule has 3 atom stereocenters. The Morgan fingerprint density at radius 1 is 1.28 bits per heavy atom. The molecule has 0 bridgehead atoms. The Bertz CT molecular complexity index is 1110. The quantitative estimate of drug-likeness (QED) is 0.542. The highest BCUT2D eigenvalue weighted by Crippen LogP contribution is 2.36. The van der Waals surface area contributed by atoms with Gasteiger partial charge in [-0.15, -0.1) is 5.10 Å². The Balaban J connectivity index is 1.59. The second-order valence-electron chi connectivity index (χ2n) is 8.10. The van der Waals surface area contributed by atoms with Crippen LogP contribution in [0.1, 0.15) is 41.8 Å². The third kappa shape index (κ3) is 3.34. The number of rotatable bonds is 4. The van der Waals surface area contributed by atoms with Gasteiger partial charge in [0.1, 0.15) is 4.88 Å². The van der Waals surface area contributed by atoms with Crippen molar-refractivity contribution < 1.29 is 14.4 Å². The first-order valence-corrected chi connectivity index (χ1v) is 10.9. The summed E-state index contributed by atoms with van der Waals surface area (Å²) in [6.07, 6.45) is 4.09. The summed E-state index contributed by atoms with van der Waals surface area (Å²) >= 11 is 1.52. The van der Waals surface area contributed by atoms with E-state index in [2.05, 4.69) is 48.2 Å². The maximum Gasteiger partial charge on any atom is 0.235 e. The summed E-state index contributed by atoms with van der Waals surface area (Å²) in [5.74, 6) is 1.97. The van der Waals surface area contributed by atoms with Crippen molar-refractivity contribution in [2.75, 3.05) is 13.1 Å². The van der Waals surface area contributed by atoms with Gasteiger partial charge in [0.2, 0.25) is 16.7 Å². The number of benzene rings is 1. The number of thiazole rings is 1. The molecule has 5 rings (SSSR count). The van der Waals surface area contributed by atoms with Crippen LogP contribution in [0.25, 0.3) is 16.5 Å². The lowest BCUT2D eigenvalue weighted by Gasteiger charge is -2.34. The lowest BCUT2D eigenvalue weighted by molar-refractivity contribution is -0.933.